The van der Waals surface area contributed by atoms with Crippen LogP contribution < -0.4 is 5.32 Å². The fourth-order valence-corrected chi connectivity index (χ4v) is 3.37. The minimum Gasteiger partial charge on any atom is -0.481 e. The molecule has 2 N–H and O–H groups in total. The summed E-state index contributed by atoms with van der Waals surface area (Å²) in [6, 6.07) is 0. The molecule has 0 saturated carbocycles. The van der Waals surface area contributed by atoms with Gasteiger partial charge in [-0.05, 0) is 13.0 Å². The predicted molar refractivity (Wildman–Crippen MR) is 77.3 cm³/mol. The lowest BCUT2D eigenvalue weighted by molar-refractivity contribution is -0.146. The standard InChI is InChI=1S/C15H22N2O5/c18-14(16-4-1-5-17-6-8-21-9-7-17)12-10-2-3-11(22-10)13(12)15(19)20/h2-3,10-13H,1,4-9H2,(H,16,18)(H,19,20)/t10-,11-,12-,13+/m1/s1. The van der Waals surface area contributed by atoms with Crippen molar-refractivity contribution in [1.82, 2.24) is 10.2 Å². The van der Waals surface area contributed by atoms with Gasteiger partial charge in [0, 0.05) is 19.6 Å². The van der Waals surface area contributed by atoms with Gasteiger partial charge in [0.2, 0.25) is 5.91 Å². The number of carbonyl (C=O) groups is 2. The van der Waals surface area contributed by atoms with Gasteiger partial charge in [0.25, 0.3) is 0 Å². The first-order valence-corrected chi connectivity index (χ1v) is 7.81. The van der Waals surface area contributed by atoms with Crippen molar-refractivity contribution in [3.05, 3.63) is 12.2 Å². The van der Waals surface area contributed by atoms with Crippen LogP contribution >= 0.6 is 0 Å². The van der Waals surface area contributed by atoms with Gasteiger partial charge in [0.05, 0.1) is 31.3 Å². The molecule has 22 heavy (non-hydrogen) atoms. The van der Waals surface area contributed by atoms with Crippen LogP contribution in [0.3, 0.4) is 0 Å². The van der Waals surface area contributed by atoms with Crippen molar-refractivity contribution in [1.29, 1.82) is 0 Å². The third-order valence-electron chi connectivity index (χ3n) is 4.54. The summed E-state index contributed by atoms with van der Waals surface area (Å²) in [5.41, 5.74) is 0. The Morgan fingerprint density at radius 2 is 1.86 bits per heavy atom. The van der Waals surface area contributed by atoms with Gasteiger partial charge in [-0.25, -0.2) is 0 Å². The number of amides is 1. The number of rotatable bonds is 6. The van der Waals surface area contributed by atoms with Crippen molar-refractivity contribution < 1.29 is 24.2 Å². The molecule has 0 aromatic heterocycles. The number of hydrogen-bond donors (Lipinski definition) is 2. The Morgan fingerprint density at radius 3 is 2.55 bits per heavy atom. The van der Waals surface area contributed by atoms with Crippen molar-refractivity contribution in [3.63, 3.8) is 0 Å². The van der Waals surface area contributed by atoms with Crippen LogP contribution in [-0.4, -0.2) is 73.5 Å². The Balaban J connectivity index is 1.43. The van der Waals surface area contributed by atoms with Gasteiger partial charge < -0.3 is 19.9 Å². The highest BCUT2D eigenvalue weighted by Crippen LogP contribution is 2.39. The Hall–Kier alpha value is -1.44. The van der Waals surface area contributed by atoms with E-state index >= 15 is 0 Å². The third kappa shape index (κ3) is 3.16. The van der Waals surface area contributed by atoms with E-state index in [-0.39, 0.29) is 5.91 Å². The summed E-state index contributed by atoms with van der Waals surface area (Å²) in [7, 11) is 0. The minimum absolute atomic E-state index is 0.216. The molecule has 0 aromatic carbocycles. The summed E-state index contributed by atoms with van der Waals surface area (Å²) in [5, 5.41) is 12.1. The predicted octanol–water partition coefficient (Wildman–Crippen LogP) is -0.521. The normalized spacial score (nSPS) is 34.0. The van der Waals surface area contributed by atoms with Crippen LogP contribution in [0.1, 0.15) is 6.42 Å². The van der Waals surface area contributed by atoms with E-state index in [1.165, 1.54) is 0 Å². The molecule has 1 amide bonds. The van der Waals surface area contributed by atoms with Crippen molar-refractivity contribution in [2.75, 3.05) is 39.4 Å². The van der Waals surface area contributed by atoms with Crippen LogP contribution in [0.5, 0.6) is 0 Å². The maximum atomic E-state index is 12.3. The van der Waals surface area contributed by atoms with E-state index in [1.807, 2.05) is 0 Å². The molecular weight excluding hydrogens is 288 g/mol. The van der Waals surface area contributed by atoms with Gasteiger partial charge in [0.1, 0.15) is 5.92 Å². The maximum absolute atomic E-state index is 12.3. The van der Waals surface area contributed by atoms with E-state index in [4.69, 9.17) is 9.47 Å². The highest BCUT2D eigenvalue weighted by Gasteiger charge is 2.53. The Bertz CT molecular complexity index is 461. The van der Waals surface area contributed by atoms with Crippen molar-refractivity contribution >= 4 is 11.9 Å². The van der Waals surface area contributed by atoms with Crippen molar-refractivity contribution in [3.8, 4) is 0 Å². The van der Waals surface area contributed by atoms with Gasteiger partial charge in [-0.3, -0.25) is 14.5 Å². The molecule has 3 aliphatic heterocycles. The zero-order valence-corrected chi connectivity index (χ0v) is 12.4. The molecule has 7 nitrogen and oxygen atoms in total. The molecule has 3 heterocycles. The summed E-state index contributed by atoms with van der Waals surface area (Å²) < 4.78 is 10.8. The van der Waals surface area contributed by atoms with Crippen molar-refractivity contribution in [2.45, 2.75) is 18.6 Å². The SMILES string of the molecule is O=C(O)[C@@H]1[C@H](C(=O)NCCCN2CCOCC2)[C@H]2C=C[C@H]1O2. The molecule has 7 heteroatoms. The third-order valence-corrected chi connectivity index (χ3v) is 4.54. The van der Waals surface area contributed by atoms with E-state index in [0.717, 1.165) is 39.3 Å². The van der Waals surface area contributed by atoms with Gasteiger partial charge in [-0.15, -0.1) is 0 Å². The molecule has 0 spiro atoms. The second kappa shape index (κ2) is 6.76. The average molecular weight is 310 g/mol. The van der Waals surface area contributed by atoms with Gasteiger partial charge in [0.15, 0.2) is 0 Å². The summed E-state index contributed by atoms with van der Waals surface area (Å²) in [4.78, 5) is 25.9. The molecule has 2 fully saturated rings. The molecule has 3 aliphatic rings. The molecule has 0 aromatic rings. The number of carboxylic acids is 1. The molecular formula is C15H22N2O5. The highest BCUT2D eigenvalue weighted by molar-refractivity contribution is 5.87. The number of fused-ring (bicyclic) bond motifs is 2. The number of nitrogens with one attached hydrogen (secondary N) is 1. The van der Waals surface area contributed by atoms with E-state index in [2.05, 4.69) is 10.2 Å². The van der Waals surface area contributed by atoms with E-state index < -0.39 is 30.0 Å². The zero-order valence-electron chi connectivity index (χ0n) is 12.4. The first kappa shape index (κ1) is 15.5. The summed E-state index contributed by atoms with van der Waals surface area (Å²) in [6.07, 6.45) is 3.52. The number of nitrogens with zero attached hydrogens (tertiary/aromatic N) is 1. The van der Waals surface area contributed by atoms with Gasteiger partial charge >= 0.3 is 5.97 Å². The molecule has 0 aliphatic carbocycles. The molecule has 2 bridgehead atoms. The topological polar surface area (TPSA) is 88.1 Å². The van der Waals surface area contributed by atoms with E-state index in [9.17, 15) is 14.7 Å². The largest absolute Gasteiger partial charge is 0.481 e. The lowest BCUT2D eigenvalue weighted by Crippen LogP contribution is -2.43. The number of ether oxygens (including phenoxy) is 2. The fourth-order valence-electron chi connectivity index (χ4n) is 3.37. The summed E-state index contributed by atoms with van der Waals surface area (Å²) in [6.45, 7) is 4.86. The lowest BCUT2D eigenvalue weighted by Gasteiger charge is -2.26. The second-order valence-corrected chi connectivity index (χ2v) is 5.94. The molecule has 0 radical (unpaired) electrons. The molecule has 2 saturated heterocycles. The monoisotopic (exact) mass is 310 g/mol. The lowest BCUT2D eigenvalue weighted by atomic mass is 9.82. The number of morpholine rings is 1. The quantitative estimate of drug-likeness (QED) is 0.507. The van der Waals surface area contributed by atoms with E-state index in [1.54, 1.807) is 12.2 Å². The maximum Gasteiger partial charge on any atom is 0.310 e. The average Bonchev–Trinajstić information content (AvgIpc) is 3.13. The summed E-state index contributed by atoms with van der Waals surface area (Å²) >= 11 is 0. The van der Waals surface area contributed by atoms with Crippen LogP contribution in [0.2, 0.25) is 0 Å². The number of hydrogen-bond acceptors (Lipinski definition) is 5. The number of carbonyl (C=O) groups excluding carboxylic acids is 1. The highest BCUT2D eigenvalue weighted by atomic mass is 16.5. The smallest absolute Gasteiger partial charge is 0.310 e. The van der Waals surface area contributed by atoms with Gasteiger partial charge in [-0.2, -0.15) is 0 Å². The molecule has 4 atom stereocenters. The summed E-state index contributed by atoms with van der Waals surface area (Å²) in [5.74, 6) is -2.57. The minimum atomic E-state index is -0.967. The van der Waals surface area contributed by atoms with Crippen LogP contribution in [0.4, 0.5) is 0 Å². The van der Waals surface area contributed by atoms with Crippen LogP contribution in [-0.2, 0) is 19.1 Å². The van der Waals surface area contributed by atoms with Crippen LogP contribution in [0.25, 0.3) is 0 Å². The zero-order chi connectivity index (χ0) is 15.5. The number of carboxylic acid groups (broad SMARTS) is 1. The molecule has 3 rings (SSSR count). The Labute approximate surface area is 129 Å². The van der Waals surface area contributed by atoms with Gasteiger partial charge in [-0.1, -0.05) is 12.2 Å². The van der Waals surface area contributed by atoms with Crippen LogP contribution in [0, 0.1) is 11.8 Å². The fraction of sp³-hybridized carbons (Fsp3) is 0.733. The van der Waals surface area contributed by atoms with E-state index in [0.29, 0.717) is 6.54 Å². The molecule has 122 valence electrons. The first-order chi connectivity index (χ1) is 10.7. The molecule has 0 unspecified atom stereocenters. The Morgan fingerprint density at radius 1 is 1.18 bits per heavy atom. The van der Waals surface area contributed by atoms with Crippen molar-refractivity contribution in [2.24, 2.45) is 11.8 Å². The first-order valence-electron chi connectivity index (χ1n) is 7.81. The second-order valence-electron chi connectivity index (χ2n) is 5.94. The van der Waals surface area contributed by atoms with Crippen LogP contribution in [0.15, 0.2) is 12.2 Å². The Kier molecular flexibility index (Phi) is 4.75. The number of aliphatic carboxylic acids is 1.